The summed E-state index contributed by atoms with van der Waals surface area (Å²) in [6.07, 6.45) is 1.90. The summed E-state index contributed by atoms with van der Waals surface area (Å²) in [5, 5.41) is 11.6. The highest BCUT2D eigenvalue weighted by Crippen LogP contribution is 2.24. The van der Waals surface area contributed by atoms with Crippen LogP contribution in [0.2, 0.25) is 0 Å². The Morgan fingerprint density at radius 3 is 2.50 bits per heavy atom. The van der Waals surface area contributed by atoms with Crippen molar-refractivity contribution >= 4 is 11.9 Å². The minimum atomic E-state index is -0.762. The van der Waals surface area contributed by atoms with Crippen molar-refractivity contribution in [1.29, 1.82) is 5.26 Å². The number of carbonyl (C=O) groups is 2. The Balaban J connectivity index is 2.57. The molecule has 0 aromatic carbocycles. The van der Waals surface area contributed by atoms with Gasteiger partial charge in [-0.15, -0.1) is 0 Å². The molecule has 0 radical (unpaired) electrons. The second-order valence-corrected chi connectivity index (χ2v) is 5.67. The molecule has 1 aliphatic rings. The molecule has 1 atom stereocenters. The second-order valence-electron chi connectivity index (χ2n) is 5.67. The van der Waals surface area contributed by atoms with Gasteiger partial charge in [-0.25, -0.2) is 4.79 Å². The lowest BCUT2D eigenvalue weighted by molar-refractivity contribution is -0.130. The zero-order valence-electron chi connectivity index (χ0n) is 11.5. The average Bonchev–Trinajstić information content (AvgIpc) is 2.53. The van der Waals surface area contributed by atoms with E-state index in [1.54, 1.807) is 6.92 Å². The van der Waals surface area contributed by atoms with Gasteiger partial charge in [0.25, 0.3) is 5.91 Å². The van der Waals surface area contributed by atoms with E-state index < -0.39 is 11.0 Å². The van der Waals surface area contributed by atoms with Gasteiger partial charge in [-0.2, -0.15) is 5.26 Å². The lowest BCUT2D eigenvalue weighted by Gasteiger charge is -2.20. The Morgan fingerprint density at radius 2 is 2.06 bits per heavy atom. The third kappa shape index (κ3) is 2.81. The molecule has 18 heavy (non-hydrogen) atoms. The van der Waals surface area contributed by atoms with Gasteiger partial charge in [-0.1, -0.05) is 6.92 Å². The highest BCUT2D eigenvalue weighted by molar-refractivity contribution is 6.06. The Kier molecular flexibility index (Phi) is 4.00. The fraction of sp³-hybridized carbons (Fsp3) is 0.769. The van der Waals surface area contributed by atoms with Crippen LogP contribution in [0.5, 0.6) is 0 Å². The van der Waals surface area contributed by atoms with Crippen molar-refractivity contribution in [3.63, 3.8) is 0 Å². The first-order valence-corrected chi connectivity index (χ1v) is 6.31. The molecule has 1 rings (SSSR count). The predicted octanol–water partition coefficient (Wildman–Crippen LogP) is 2.04. The van der Waals surface area contributed by atoms with Gasteiger partial charge in [0, 0.05) is 6.54 Å². The maximum atomic E-state index is 12.1. The molecule has 1 unspecified atom stereocenters. The van der Waals surface area contributed by atoms with Crippen LogP contribution in [0.1, 0.15) is 47.0 Å². The van der Waals surface area contributed by atoms with Crippen LogP contribution in [0.4, 0.5) is 4.79 Å². The van der Waals surface area contributed by atoms with Crippen molar-refractivity contribution in [3.05, 3.63) is 0 Å². The van der Waals surface area contributed by atoms with E-state index in [9.17, 15) is 9.59 Å². The van der Waals surface area contributed by atoms with Crippen LogP contribution in [-0.2, 0) is 4.79 Å². The number of nitriles is 1. The summed E-state index contributed by atoms with van der Waals surface area (Å²) < 4.78 is 0. The third-order valence-electron chi connectivity index (χ3n) is 3.54. The standard InChI is InChI=1S/C13H21N3O2/c1-5-13(4)10(17)16(11(18)15-13)8-6-7-12(2,3)9-14/h5-8H2,1-4H3,(H,15,18). The number of nitrogens with one attached hydrogen (secondary N) is 1. The molecular formula is C13H21N3O2. The van der Waals surface area contributed by atoms with Crippen molar-refractivity contribution in [2.45, 2.75) is 52.5 Å². The van der Waals surface area contributed by atoms with Crippen LogP contribution in [0, 0.1) is 16.7 Å². The topological polar surface area (TPSA) is 73.2 Å². The van der Waals surface area contributed by atoms with Gasteiger partial charge in [-0.3, -0.25) is 9.69 Å². The molecule has 0 aromatic rings. The number of imide groups is 1. The first kappa shape index (κ1) is 14.5. The molecule has 1 saturated heterocycles. The van der Waals surface area contributed by atoms with E-state index in [0.717, 1.165) is 0 Å². The minimum absolute atomic E-state index is 0.162. The lowest BCUT2D eigenvalue weighted by atomic mass is 9.90. The van der Waals surface area contributed by atoms with E-state index in [2.05, 4.69) is 11.4 Å². The molecule has 3 amide bonds. The Labute approximate surface area is 108 Å². The van der Waals surface area contributed by atoms with Crippen LogP contribution in [-0.4, -0.2) is 28.9 Å². The van der Waals surface area contributed by atoms with Crippen LogP contribution in [0.3, 0.4) is 0 Å². The van der Waals surface area contributed by atoms with Gasteiger partial charge >= 0.3 is 6.03 Å². The molecule has 1 heterocycles. The summed E-state index contributed by atoms with van der Waals surface area (Å²) in [5.41, 5.74) is -1.17. The second kappa shape index (κ2) is 4.97. The maximum Gasteiger partial charge on any atom is 0.325 e. The number of carbonyl (C=O) groups excluding carboxylic acids is 2. The molecule has 1 N–H and O–H groups in total. The zero-order chi connectivity index (χ0) is 14.0. The van der Waals surface area contributed by atoms with Crippen LogP contribution in [0.25, 0.3) is 0 Å². The Hall–Kier alpha value is -1.57. The van der Waals surface area contributed by atoms with E-state index in [1.807, 2.05) is 20.8 Å². The molecule has 5 nitrogen and oxygen atoms in total. The van der Waals surface area contributed by atoms with Crippen LogP contribution < -0.4 is 5.32 Å². The summed E-state index contributed by atoms with van der Waals surface area (Å²) in [4.78, 5) is 25.0. The van der Waals surface area contributed by atoms with Crippen molar-refractivity contribution in [3.8, 4) is 6.07 Å². The summed E-state index contributed by atoms with van der Waals surface area (Å²) in [6.45, 7) is 7.71. The van der Waals surface area contributed by atoms with Crippen molar-refractivity contribution < 1.29 is 9.59 Å². The van der Waals surface area contributed by atoms with Gasteiger partial charge < -0.3 is 5.32 Å². The highest BCUT2D eigenvalue weighted by Gasteiger charge is 2.46. The molecular weight excluding hydrogens is 230 g/mol. The molecule has 0 saturated carbocycles. The normalized spacial score (nSPS) is 24.1. The van der Waals surface area contributed by atoms with Crippen LogP contribution in [0.15, 0.2) is 0 Å². The number of nitrogens with zero attached hydrogens (tertiary/aromatic N) is 2. The number of hydrogen-bond acceptors (Lipinski definition) is 3. The Bertz CT molecular complexity index is 398. The molecule has 0 aromatic heterocycles. The zero-order valence-corrected chi connectivity index (χ0v) is 11.5. The van der Waals surface area contributed by atoms with Crippen molar-refractivity contribution in [2.24, 2.45) is 5.41 Å². The molecule has 0 bridgehead atoms. The molecule has 0 spiro atoms. The quantitative estimate of drug-likeness (QED) is 0.760. The molecule has 1 fully saturated rings. The number of urea groups is 1. The smallest absolute Gasteiger partial charge is 0.323 e. The van der Waals surface area contributed by atoms with Gasteiger partial charge in [0.15, 0.2) is 0 Å². The van der Waals surface area contributed by atoms with Crippen LogP contribution >= 0.6 is 0 Å². The lowest BCUT2D eigenvalue weighted by Crippen LogP contribution is -2.43. The van der Waals surface area contributed by atoms with Gasteiger partial charge in [0.2, 0.25) is 0 Å². The maximum absolute atomic E-state index is 12.1. The SMILES string of the molecule is CCC1(C)NC(=O)N(CCCC(C)(C)C#N)C1=O. The largest absolute Gasteiger partial charge is 0.325 e. The number of hydrogen-bond donors (Lipinski definition) is 1. The number of rotatable bonds is 5. The van der Waals surface area contributed by atoms with Crippen molar-refractivity contribution in [1.82, 2.24) is 10.2 Å². The van der Waals surface area contributed by atoms with E-state index in [0.29, 0.717) is 25.8 Å². The van der Waals surface area contributed by atoms with Gasteiger partial charge in [0.1, 0.15) is 5.54 Å². The minimum Gasteiger partial charge on any atom is -0.323 e. The summed E-state index contributed by atoms with van der Waals surface area (Å²) in [7, 11) is 0. The van der Waals surface area contributed by atoms with E-state index in [4.69, 9.17) is 5.26 Å². The van der Waals surface area contributed by atoms with E-state index in [1.165, 1.54) is 4.90 Å². The fourth-order valence-electron chi connectivity index (χ4n) is 1.92. The summed E-state index contributed by atoms with van der Waals surface area (Å²) in [5.74, 6) is -0.162. The van der Waals surface area contributed by atoms with Gasteiger partial charge in [0.05, 0.1) is 11.5 Å². The summed E-state index contributed by atoms with van der Waals surface area (Å²) >= 11 is 0. The molecule has 1 aliphatic heterocycles. The number of amides is 3. The first-order valence-electron chi connectivity index (χ1n) is 6.31. The monoisotopic (exact) mass is 251 g/mol. The fourth-order valence-corrected chi connectivity index (χ4v) is 1.92. The third-order valence-corrected chi connectivity index (χ3v) is 3.54. The predicted molar refractivity (Wildman–Crippen MR) is 67.6 cm³/mol. The molecule has 5 heteroatoms. The summed E-state index contributed by atoms with van der Waals surface area (Å²) in [6, 6.07) is 1.89. The molecule has 0 aliphatic carbocycles. The van der Waals surface area contributed by atoms with Crippen molar-refractivity contribution in [2.75, 3.05) is 6.54 Å². The average molecular weight is 251 g/mol. The van der Waals surface area contributed by atoms with E-state index in [-0.39, 0.29) is 11.9 Å². The van der Waals surface area contributed by atoms with E-state index >= 15 is 0 Å². The highest BCUT2D eigenvalue weighted by atomic mass is 16.2. The van der Waals surface area contributed by atoms with Gasteiger partial charge in [-0.05, 0) is 40.0 Å². The Morgan fingerprint density at radius 1 is 1.44 bits per heavy atom. The molecule has 100 valence electrons. The first-order chi connectivity index (χ1) is 8.25.